The fraction of sp³-hybridized carbons (Fsp3) is 0.250. The molecule has 0 radical (unpaired) electrons. The van der Waals surface area contributed by atoms with E-state index in [2.05, 4.69) is 10.6 Å². The Balaban J connectivity index is 2.03. The number of nitrogens with one attached hydrogen (secondary N) is 2. The standard InChI is InChI=1S/C16H17ClN2O2S/c1-16(2,3)19-14(20)10-4-6-11(7-5-10)18-15(21)12-8-9-13(17)22-12/h4-9H,1-3H3,(H,18,21)(H,19,20). The zero-order valence-electron chi connectivity index (χ0n) is 12.6. The summed E-state index contributed by atoms with van der Waals surface area (Å²) in [5.74, 6) is -0.362. The van der Waals surface area contributed by atoms with Gasteiger partial charge in [-0.1, -0.05) is 11.6 Å². The van der Waals surface area contributed by atoms with Crippen LogP contribution < -0.4 is 10.6 Å². The van der Waals surface area contributed by atoms with Crippen molar-refractivity contribution in [2.45, 2.75) is 26.3 Å². The molecule has 2 N–H and O–H groups in total. The Morgan fingerprint density at radius 2 is 1.64 bits per heavy atom. The number of amides is 2. The van der Waals surface area contributed by atoms with Crippen LogP contribution in [0.3, 0.4) is 0 Å². The van der Waals surface area contributed by atoms with E-state index in [0.717, 1.165) is 0 Å². The van der Waals surface area contributed by atoms with Gasteiger partial charge in [0, 0.05) is 16.8 Å². The van der Waals surface area contributed by atoms with Gasteiger partial charge in [0.15, 0.2) is 0 Å². The molecule has 0 saturated heterocycles. The summed E-state index contributed by atoms with van der Waals surface area (Å²) >= 11 is 7.03. The van der Waals surface area contributed by atoms with Crippen molar-refractivity contribution in [3.05, 3.63) is 51.2 Å². The summed E-state index contributed by atoms with van der Waals surface area (Å²) in [5, 5.41) is 5.65. The highest BCUT2D eigenvalue weighted by Crippen LogP contribution is 2.22. The van der Waals surface area contributed by atoms with E-state index < -0.39 is 0 Å². The summed E-state index contributed by atoms with van der Waals surface area (Å²) in [5.41, 5.74) is 0.886. The number of carbonyl (C=O) groups excluding carboxylic acids is 2. The summed E-state index contributed by atoms with van der Waals surface area (Å²) < 4.78 is 0.569. The third-order valence-corrected chi connectivity index (χ3v) is 3.92. The van der Waals surface area contributed by atoms with Crippen LogP contribution in [0.25, 0.3) is 0 Å². The molecule has 0 aliphatic rings. The second-order valence-corrected chi connectivity index (χ2v) is 7.55. The predicted octanol–water partition coefficient (Wildman–Crippen LogP) is 4.18. The molecule has 1 aromatic heterocycles. The first-order chi connectivity index (χ1) is 10.2. The van der Waals surface area contributed by atoms with Crippen LogP contribution in [-0.4, -0.2) is 17.4 Å². The van der Waals surface area contributed by atoms with Crippen LogP contribution in [0, 0.1) is 0 Å². The van der Waals surface area contributed by atoms with Crippen LogP contribution in [0.15, 0.2) is 36.4 Å². The Bertz CT molecular complexity index is 687. The van der Waals surface area contributed by atoms with Crippen LogP contribution in [0.1, 0.15) is 40.8 Å². The van der Waals surface area contributed by atoms with Crippen molar-refractivity contribution >= 4 is 40.4 Å². The summed E-state index contributed by atoms with van der Waals surface area (Å²) in [6.07, 6.45) is 0. The van der Waals surface area contributed by atoms with Crippen LogP contribution >= 0.6 is 22.9 Å². The Labute approximate surface area is 138 Å². The van der Waals surface area contributed by atoms with Gasteiger partial charge in [0.1, 0.15) is 0 Å². The topological polar surface area (TPSA) is 58.2 Å². The molecule has 2 rings (SSSR count). The number of hydrogen-bond acceptors (Lipinski definition) is 3. The van der Waals surface area contributed by atoms with E-state index in [-0.39, 0.29) is 17.4 Å². The van der Waals surface area contributed by atoms with Crippen molar-refractivity contribution in [3.8, 4) is 0 Å². The number of carbonyl (C=O) groups is 2. The van der Waals surface area contributed by atoms with Gasteiger partial charge in [-0.05, 0) is 57.2 Å². The van der Waals surface area contributed by atoms with Gasteiger partial charge in [-0.15, -0.1) is 11.3 Å². The van der Waals surface area contributed by atoms with Gasteiger partial charge in [-0.2, -0.15) is 0 Å². The highest BCUT2D eigenvalue weighted by molar-refractivity contribution is 7.18. The van der Waals surface area contributed by atoms with E-state index in [1.165, 1.54) is 11.3 Å². The molecular weight excluding hydrogens is 320 g/mol. The first-order valence-corrected chi connectivity index (χ1v) is 7.93. The average Bonchev–Trinajstić information content (AvgIpc) is 2.84. The number of thiophene rings is 1. The maximum absolute atomic E-state index is 12.0. The first-order valence-electron chi connectivity index (χ1n) is 6.74. The monoisotopic (exact) mass is 336 g/mol. The Morgan fingerprint density at radius 3 is 2.14 bits per heavy atom. The average molecular weight is 337 g/mol. The molecule has 22 heavy (non-hydrogen) atoms. The van der Waals surface area contributed by atoms with Crippen molar-refractivity contribution in [2.24, 2.45) is 0 Å². The van der Waals surface area contributed by atoms with Crippen molar-refractivity contribution in [1.29, 1.82) is 0 Å². The second-order valence-electron chi connectivity index (χ2n) is 5.84. The summed E-state index contributed by atoms with van der Waals surface area (Å²) in [6, 6.07) is 10.1. The van der Waals surface area contributed by atoms with Crippen LogP contribution in [-0.2, 0) is 0 Å². The quantitative estimate of drug-likeness (QED) is 0.883. The van der Waals surface area contributed by atoms with E-state index in [9.17, 15) is 9.59 Å². The van der Waals surface area contributed by atoms with Gasteiger partial charge < -0.3 is 10.6 Å². The Kier molecular flexibility index (Phi) is 4.88. The second kappa shape index (κ2) is 6.50. The van der Waals surface area contributed by atoms with Gasteiger partial charge in [0.2, 0.25) is 0 Å². The van der Waals surface area contributed by atoms with Gasteiger partial charge in [-0.25, -0.2) is 0 Å². The smallest absolute Gasteiger partial charge is 0.265 e. The molecule has 2 amide bonds. The molecule has 2 aromatic rings. The number of anilines is 1. The molecule has 0 saturated carbocycles. The summed E-state index contributed by atoms with van der Waals surface area (Å²) in [6.45, 7) is 5.77. The number of rotatable bonds is 3. The van der Waals surface area contributed by atoms with Crippen LogP contribution in [0.2, 0.25) is 4.34 Å². The fourth-order valence-corrected chi connectivity index (χ4v) is 2.69. The molecule has 1 heterocycles. The molecule has 0 aliphatic carbocycles. The van der Waals surface area contributed by atoms with Crippen LogP contribution in [0.5, 0.6) is 0 Å². The number of hydrogen-bond donors (Lipinski definition) is 2. The number of benzene rings is 1. The molecule has 6 heteroatoms. The van der Waals surface area contributed by atoms with Crippen molar-refractivity contribution < 1.29 is 9.59 Å². The maximum atomic E-state index is 12.0. The van der Waals surface area contributed by atoms with Crippen molar-refractivity contribution in [2.75, 3.05) is 5.32 Å². The predicted molar refractivity (Wildman–Crippen MR) is 90.9 cm³/mol. The molecule has 1 aromatic carbocycles. The van der Waals surface area contributed by atoms with Crippen molar-refractivity contribution in [3.63, 3.8) is 0 Å². The molecule has 0 aliphatic heterocycles. The highest BCUT2D eigenvalue weighted by Gasteiger charge is 2.15. The zero-order valence-corrected chi connectivity index (χ0v) is 14.1. The minimum absolute atomic E-state index is 0.143. The molecule has 4 nitrogen and oxygen atoms in total. The van der Waals surface area contributed by atoms with E-state index in [1.54, 1.807) is 36.4 Å². The van der Waals surface area contributed by atoms with Gasteiger partial charge in [0.05, 0.1) is 9.21 Å². The molecule has 0 atom stereocenters. The largest absolute Gasteiger partial charge is 0.347 e. The van der Waals surface area contributed by atoms with E-state index in [4.69, 9.17) is 11.6 Å². The lowest BCUT2D eigenvalue weighted by Crippen LogP contribution is -2.40. The molecule has 0 spiro atoms. The van der Waals surface area contributed by atoms with E-state index >= 15 is 0 Å². The van der Waals surface area contributed by atoms with E-state index in [1.807, 2.05) is 20.8 Å². The lowest BCUT2D eigenvalue weighted by molar-refractivity contribution is 0.0919. The SMILES string of the molecule is CC(C)(C)NC(=O)c1ccc(NC(=O)c2ccc(Cl)s2)cc1. The van der Waals surface area contributed by atoms with Crippen molar-refractivity contribution in [1.82, 2.24) is 5.32 Å². The zero-order chi connectivity index (χ0) is 16.3. The molecule has 0 fully saturated rings. The first kappa shape index (κ1) is 16.5. The molecule has 116 valence electrons. The number of halogens is 1. The third-order valence-electron chi connectivity index (χ3n) is 2.69. The third kappa shape index (κ3) is 4.58. The van der Waals surface area contributed by atoms with Crippen LogP contribution in [0.4, 0.5) is 5.69 Å². The Hall–Kier alpha value is -1.85. The lowest BCUT2D eigenvalue weighted by Gasteiger charge is -2.20. The van der Waals surface area contributed by atoms with Gasteiger partial charge in [0.25, 0.3) is 11.8 Å². The fourth-order valence-electron chi connectivity index (χ4n) is 1.75. The maximum Gasteiger partial charge on any atom is 0.265 e. The van der Waals surface area contributed by atoms with Gasteiger partial charge >= 0.3 is 0 Å². The molecular formula is C16H17ClN2O2S. The van der Waals surface area contributed by atoms with Gasteiger partial charge in [-0.3, -0.25) is 9.59 Å². The highest BCUT2D eigenvalue weighted by atomic mass is 35.5. The Morgan fingerprint density at radius 1 is 1.00 bits per heavy atom. The summed E-state index contributed by atoms with van der Waals surface area (Å²) in [7, 11) is 0. The lowest BCUT2D eigenvalue weighted by atomic mass is 10.1. The van der Waals surface area contributed by atoms with E-state index in [0.29, 0.717) is 20.5 Å². The minimum Gasteiger partial charge on any atom is -0.347 e. The molecule has 0 bridgehead atoms. The normalized spacial score (nSPS) is 11.1. The summed E-state index contributed by atoms with van der Waals surface area (Å²) in [4.78, 5) is 24.5. The minimum atomic E-state index is -0.289. The molecule has 0 unspecified atom stereocenters.